The zero-order valence-electron chi connectivity index (χ0n) is 4.39. The highest BCUT2D eigenvalue weighted by Crippen LogP contribution is 2.16. The van der Waals surface area contributed by atoms with Gasteiger partial charge >= 0.3 is 0 Å². The molecule has 43 valence electrons. The van der Waals surface area contributed by atoms with Gasteiger partial charge in [-0.25, -0.2) is 0 Å². The molecular formula is C5H5ClNS. The Kier molecular flexibility index (Phi) is 1.86. The summed E-state index contributed by atoms with van der Waals surface area (Å²) in [6, 6.07) is 0. The highest BCUT2D eigenvalue weighted by Gasteiger charge is 1.97. The first-order chi connectivity index (χ1) is 3.84. The van der Waals surface area contributed by atoms with E-state index in [-0.39, 0.29) is 0 Å². The van der Waals surface area contributed by atoms with Crippen molar-refractivity contribution in [2.45, 2.75) is 6.92 Å². The van der Waals surface area contributed by atoms with Crippen LogP contribution in [-0.2, 0) is 0 Å². The summed E-state index contributed by atoms with van der Waals surface area (Å²) in [6.07, 6.45) is 1.94. The van der Waals surface area contributed by atoms with Gasteiger partial charge < -0.3 is 0 Å². The third-order valence-electron chi connectivity index (χ3n) is 0.862. The van der Waals surface area contributed by atoms with Crippen molar-refractivity contribution in [1.29, 1.82) is 0 Å². The van der Waals surface area contributed by atoms with Crippen LogP contribution in [0.15, 0.2) is 5.38 Å². The Hall–Kier alpha value is -0.0800. The van der Waals surface area contributed by atoms with Gasteiger partial charge in [0.15, 0.2) is 0 Å². The Labute approximate surface area is 57.5 Å². The van der Waals surface area contributed by atoms with Crippen molar-refractivity contribution in [3.8, 4) is 0 Å². The maximum atomic E-state index is 5.61. The quantitative estimate of drug-likeness (QED) is 0.593. The predicted molar refractivity (Wildman–Crippen MR) is 36.2 cm³/mol. The first-order valence-electron chi connectivity index (χ1n) is 2.24. The van der Waals surface area contributed by atoms with Crippen LogP contribution in [0.4, 0.5) is 0 Å². The number of hydrogen-bond donors (Lipinski definition) is 0. The topological polar surface area (TPSA) is 12.9 Å². The van der Waals surface area contributed by atoms with Crippen molar-refractivity contribution < 1.29 is 0 Å². The third kappa shape index (κ3) is 1.01. The SMILES string of the molecule is C[CH]c1csnc1Cl. The molecule has 0 aliphatic carbocycles. The van der Waals surface area contributed by atoms with E-state index in [1.807, 2.05) is 18.7 Å². The molecule has 8 heavy (non-hydrogen) atoms. The Morgan fingerprint density at radius 1 is 1.88 bits per heavy atom. The maximum Gasteiger partial charge on any atom is 0.146 e. The lowest BCUT2D eigenvalue weighted by atomic mass is 10.3. The summed E-state index contributed by atoms with van der Waals surface area (Å²) < 4.78 is 3.86. The molecule has 1 rings (SSSR count). The molecule has 0 unspecified atom stereocenters. The summed E-state index contributed by atoms with van der Waals surface area (Å²) in [6.45, 7) is 1.94. The fourth-order valence-electron chi connectivity index (χ4n) is 0.418. The molecule has 0 fully saturated rings. The first kappa shape index (κ1) is 6.05. The van der Waals surface area contributed by atoms with Gasteiger partial charge in [-0.1, -0.05) is 18.5 Å². The summed E-state index contributed by atoms with van der Waals surface area (Å²) in [5, 5.41) is 2.53. The zero-order valence-corrected chi connectivity index (χ0v) is 5.96. The molecular weight excluding hydrogens is 142 g/mol. The van der Waals surface area contributed by atoms with Gasteiger partial charge in [0.05, 0.1) is 0 Å². The smallest absolute Gasteiger partial charge is 0.146 e. The molecule has 0 amide bonds. The number of halogens is 1. The molecule has 0 aliphatic rings. The van der Waals surface area contributed by atoms with Crippen LogP contribution in [0.25, 0.3) is 0 Å². The maximum absolute atomic E-state index is 5.61. The van der Waals surface area contributed by atoms with E-state index in [4.69, 9.17) is 11.6 Å². The van der Waals surface area contributed by atoms with Gasteiger partial charge in [-0.15, -0.1) is 0 Å². The minimum Gasteiger partial charge on any atom is -0.181 e. The zero-order chi connectivity index (χ0) is 5.98. The predicted octanol–water partition coefficient (Wildman–Crippen LogP) is 2.37. The average Bonchev–Trinajstić information content (AvgIpc) is 2.14. The lowest BCUT2D eigenvalue weighted by molar-refractivity contribution is 1.42. The molecule has 1 radical (unpaired) electrons. The van der Waals surface area contributed by atoms with Crippen molar-refractivity contribution >= 4 is 23.1 Å². The second-order valence-corrected chi connectivity index (χ2v) is 2.34. The van der Waals surface area contributed by atoms with Gasteiger partial charge in [0.1, 0.15) is 5.15 Å². The molecule has 1 heterocycles. The van der Waals surface area contributed by atoms with Crippen LogP contribution in [0, 0.1) is 6.42 Å². The van der Waals surface area contributed by atoms with E-state index < -0.39 is 0 Å². The largest absolute Gasteiger partial charge is 0.181 e. The monoisotopic (exact) mass is 146 g/mol. The van der Waals surface area contributed by atoms with Crippen molar-refractivity contribution in [2.75, 3.05) is 0 Å². The van der Waals surface area contributed by atoms with E-state index in [2.05, 4.69) is 4.37 Å². The van der Waals surface area contributed by atoms with Crippen LogP contribution < -0.4 is 0 Å². The van der Waals surface area contributed by atoms with Crippen LogP contribution in [0.2, 0.25) is 5.15 Å². The summed E-state index contributed by atoms with van der Waals surface area (Å²) in [5.74, 6) is 0. The van der Waals surface area contributed by atoms with Crippen molar-refractivity contribution in [1.82, 2.24) is 4.37 Å². The lowest BCUT2D eigenvalue weighted by Gasteiger charge is -1.82. The van der Waals surface area contributed by atoms with Gasteiger partial charge in [0.25, 0.3) is 0 Å². The molecule has 0 spiro atoms. The van der Waals surface area contributed by atoms with Crippen LogP contribution in [0.1, 0.15) is 12.5 Å². The Bertz CT molecular complexity index is 173. The lowest BCUT2D eigenvalue weighted by Crippen LogP contribution is -1.69. The molecule has 0 atom stereocenters. The van der Waals surface area contributed by atoms with E-state index in [1.54, 1.807) is 0 Å². The Morgan fingerprint density at radius 3 is 2.88 bits per heavy atom. The minimum absolute atomic E-state index is 0.609. The van der Waals surface area contributed by atoms with Crippen molar-refractivity contribution in [3.05, 3.63) is 22.5 Å². The number of rotatable bonds is 1. The molecule has 1 aromatic rings. The van der Waals surface area contributed by atoms with Crippen LogP contribution >= 0.6 is 23.1 Å². The molecule has 1 aromatic heterocycles. The molecule has 0 bridgehead atoms. The number of hydrogen-bond acceptors (Lipinski definition) is 2. The van der Waals surface area contributed by atoms with Gasteiger partial charge in [-0.2, -0.15) is 4.37 Å². The molecule has 1 nitrogen and oxygen atoms in total. The van der Waals surface area contributed by atoms with Crippen molar-refractivity contribution in [3.63, 3.8) is 0 Å². The summed E-state index contributed by atoms with van der Waals surface area (Å²) in [5.41, 5.74) is 1.02. The molecule has 0 aromatic carbocycles. The second-order valence-electron chi connectivity index (χ2n) is 1.35. The molecule has 0 saturated carbocycles. The normalized spacial score (nSPS) is 9.75. The fraction of sp³-hybridized carbons (Fsp3) is 0.200. The van der Waals surface area contributed by atoms with E-state index in [0.717, 1.165) is 5.56 Å². The Morgan fingerprint density at radius 2 is 2.62 bits per heavy atom. The molecule has 0 aliphatic heterocycles. The first-order valence-corrected chi connectivity index (χ1v) is 3.45. The fourth-order valence-corrected chi connectivity index (χ4v) is 1.38. The molecule has 3 heteroatoms. The highest BCUT2D eigenvalue weighted by molar-refractivity contribution is 7.04. The second kappa shape index (κ2) is 2.46. The van der Waals surface area contributed by atoms with Crippen LogP contribution in [0.5, 0.6) is 0 Å². The standard InChI is InChI=1S/C5H5ClNS/c1-2-4-3-8-7-5(4)6/h2-3H,1H3. The number of nitrogens with zero attached hydrogens (tertiary/aromatic N) is 1. The number of aromatic nitrogens is 1. The van der Waals surface area contributed by atoms with Crippen LogP contribution in [-0.4, -0.2) is 4.37 Å². The summed E-state index contributed by atoms with van der Waals surface area (Å²) >= 11 is 6.99. The molecule has 0 saturated heterocycles. The summed E-state index contributed by atoms with van der Waals surface area (Å²) in [4.78, 5) is 0. The van der Waals surface area contributed by atoms with Gasteiger partial charge in [0, 0.05) is 10.9 Å². The van der Waals surface area contributed by atoms with Gasteiger partial charge in [0.2, 0.25) is 0 Å². The summed E-state index contributed by atoms with van der Waals surface area (Å²) in [7, 11) is 0. The van der Waals surface area contributed by atoms with E-state index in [1.165, 1.54) is 11.5 Å². The molecule has 0 N–H and O–H groups in total. The van der Waals surface area contributed by atoms with Gasteiger partial charge in [-0.3, -0.25) is 0 Å². The average molecular weight is 147 g/mol. The minimum atomic E-state index is 0.609. The van der Waals surface area contributed by atoms with E-state index in [0.29, 0.717) is 5.15 Å². The third-order valence-corrected chi connectivity index (χ3v) is 1.91. The van der Waals surface area contributed by atoms with Crippen molar-refractivity contribution in [2.24, 2.45) is 0 Å². The van der Waals surface area contributed by atoms with Crippen LogP contribution in [0.3, 0.4) is 0 Å². The highest BCUT2D eigenvalue weighted by atomic mass is 35.5. The Balaban J connectivity index is 2.92. The van der Waals surface area contributed by atoms with E-state index >= 15 is 0 Å². The van der Waals surface area contributed by atoms with E-state index in [9.17, 15) is 0 Å². The van der Waals surface area contributed by atoms with Gasteiger partial charge in [-0.05, 0) is 18.0 Å².